The van der Waals surface area contributed by atoms with Gasteiger partial charge in [0.2, 0.25) is 0 Å². The number of hydrogen-bond donors (Lipinski definition) is 1. The van der Waals surface area contributed by atoms with E-state index in [-0.39, 0.29) is 24.0 Å². The monoisotopic (exact) mass is 254 g/mol. The number of aromatic nitrogens is 4. The molecule has 0 aliphatic carbocycles. The summed E-state index contributed by atoms with van der Waals surface area (Å²) in [5.74, 6) is -0.0763. The number of carboxylic acid groups (broad SMARTS) is 1. The predicted molar refractivity (Wildman–Crippen MR) is 62.1 cm³/mol. The first-order valence-corrected chi connectivity index (χ1v) is 6.09. The maximum absolute atomic E-state index is 11.0. The Hall–Kier alpha value is -1.50. The van der Waals surface area contributed by atoms with Crippen LogP contribution in [0.1, 0.15) is 45.5 Å². The minimum atomic E-state index is -0.948. The van der Waals surface area contributed by atoms with Crippen molar-refractivity contribution in [2.75, 3.05) is 0 Å². The fourth-order valence-electron chi connectivity index (χ4n) is 2.51. The van der Waals surface area contributed by atoms with Crippen LogP contribution in [0.15, 0.2) is 0 Å². The van der Waals surface area contributed by atoms with Crippen molar-refractivity contribution in [3.8, 4) is 0 Å². The summed E-state index contributed by atoms with van der Waals surface area (Å²) in [7, 11) is 0. The quantitative estimate of drug-likeness (QED) is 0.859. The van der Waals surface area contributed by atoms with Crippen LogP contribution in [0.4, 0.5) is 0 Å². The Morgan fingerprint density at radius 3 is 2.56 bits per heavy atom. The number of carboxylic acids is 1. The fraction of sp³-hybridized carbons (Fsp3) is 0.818. The second-order valence-corrected chi connectivity index (χ2v) is 4.93. The summed E-state index contributed by atoms with van der Waals surface area (Å²) in [6, 6.07) is -0.773. The lowest BCUT2D eigenvalue weighted by Gasteiger charge is -2.18. The van der Waals surface area contributed by atoms with Crippen molar-refractivity contribution in [3.63, 3.8) is 0 Å². The third-order valence-electron chi connectivity index (χ3n) is 3.78. The van der Waals surface area contributed by atoms with Gasteiger partial charge in [0.15, 0.2) is 5.82 Å². The van der Waals surface area contributed by atoms with Crippen LogP contribution in [0, 0.1) is 5.92 Å². The van der Waals surface area contributed by atoms with E-state index < -0.39 is 12.0 Å². The maximum atomic E-state index is 11.0. The zero-order valence-corrected chi connectivity index (χ0v) is 10.9. The Morgan fingerprint density at radius 1 is 1.39 bits per heavy atom. The van der Waals surface area contributed by atoms with E-state index in [9.17, 15) is 4.79 Å². The van der Waals surface area contributed by atoms with E-state index in [1.165, 1.54) is 4.68 Å². The molecule has 7 heteroatoms. The van der Waals surface area contributed by atoms with E-state index in [1.54, 1.807) is 6.92 Å². The molecule has 1 saturated heterocycles. The number of aliphatic carboxylic acids is 1. The number of nitrogens with zero attached hydrogens (tertiary/aromatic N) is 4. The molecule has 0 saturated carbocycles. The number of carbonyl (C=O) groups is 1. The van der Waals surface area contributed by atoms with Gasteiger partial charge in [-0.3, -0.25) is 0 Å². The molecule has 5 atom stereocenters. The Labute approximate surface area is 105 Å². The number of ether oxygens (including phenoxy) is 1. The van der Waals surface area contributed by atoms with Crippen LogP contribution in [0.25, 0.3) is 0 Å². The molecule has 100 valence electrons. The zero-order valence-electron chi connectivity index (χ0n) is 10.9. The van der Waals surface area contributed by atoms with Gasteiger partial charge in [0.1, 0.15) is 6.04 Å². The van der Waals surface area contributed by atoms with E-state index in [0.29, 0.717) is 5.82 Å². The second kappa shape index (κ2) is 4.64. The highest BCUT2D eigenvalue weighted by Crippen LogP contribution is 2.39. The van der Waals surface area contributed by atoms with Crippen molar-refractivity contribution in [2.24, 2.45) is 5.92 Å². The van der Waals surface area contributed by atoms with Crippen molar-refractivity contribution >= 4 is 5.97 Å². The van der Waals surface area contributed by atoms with Gasteiger partial charge >= 0.3 is 5.97 Å². The van der Waals surface area contributed by atoms with E-state index in [0.717, 1.165) is 0 Å². The summed E-state index contributed by atoms with van der Waals surface area (Å²) in [5.41, 5.74) is 0. The number of rotatable bonds is 3. The minimum Gasteiger partial charge on any atom is -0.480 e. The fourth-order valence-corrected chi connectivity index (χ4v) is 2.51. The van der Waals surface area contributed by atoms with Crippen molar-refractivity contribution in [1.82, 2.24) is 20.2 Å². The van der Waals surface area contributed by atoms with E-state index in [1.807, 2.05) is 13.8 Å². The van der Waals surface area contributed by atoms with Crippen LogP contribution in [0.2, 0.25) is 0 Å². The second-order valence-electron chi connectivity index (χ2n) is 4.93. The molecule has 2 rings (SSSR count). The molecule has 0 amide bonds. The van der Waals surface area contributed by atoms with Gasteiger partial charge in [-0.1, -0.05) is 6.92 Å². The topological polar surface area (TPSA) is 90.1 Å². The molecule has 18 heavy (non-hydrogen) atoms. The van der Waals surface area contributed by atoms with Gasteiger partial charge < -0.3 is 9.84 Å². The number of hydrogen-bond acceptors (Lipinski definition) is 5. The van der Waals surface area contributed by atoms with Crippen molar-refractivity contribution in [3.05, 3.63) is 5.82 Å². The van der Waals surface area contributed by atoms with Crippen LogP contribution < -0.4 is 0 Å². The summed E-state index contributed by atoms with van der Waals surface area (Å²) < 4.78 is 7.13. The van der Waals surface area contributed by atoms with Crippen LogP contribution in [0.5, 0.6) is 0 Å². The molecule has 1 fully saturated rings. The summed E-state index contributed by atoms with van der Waals surface area (Å²) in [6.45, 7) is 7.62. The van der Waals surface area contributed by atoms with Gasteiger partial charge in [-0.25, -0.2) is 9.48 Å². The van der Waals surface area contributed by atoms with Crippen LogP contribution in [-0.4, -0.2) is 43.5 Å². The first-order valence-electron chi connectivity index (χ1n) is 6.09. The van der Waals surface area contributed by atoms with E-state index >= 15 is 0 Å². The Bertz CT molecular complexity index is 447. The molecule has 1 N–H and O–H groups in total. The third-order valence-corrected chi connectivity index (χ3v) is 3.78. The minimum absolute atomic E-state index is 0.0132. The molecule has 2 heterocycles. The highest BCUT2D eigenvalue weighted by molar-refractivity contribution is 5.71. The molecule has 1 aromatic heterocycles. The van der Waals surface area contributed by atoms with Gasteiger partial charge in [-0.15, -0.1) is 5.10 Å². The van der Waals surface area contributed by atoms with Crippen molar-refractivity contribution in [1.29, 1.82) is 0 Å². The maximum Gasteiger partial charge on any atom is 0.328 e. The zero-order chi connectivity index (χ0) is 13.4. The molecular weight excluding hydrogens is 236 g/mol. The molecule has 1 aliphatic rings. The molecular formula is C11H18N4O3. The van der Waals surface area contributed by atoms with Crippen molar-refractivity contribution in [2.45, 2.75) is 51.9 Å². The summed E-state index contributed by atoms with van der Waals surface area (Å²) in [4.78, 5) is 11.0. The molecule has 1 aliphatic heterocycles. The molecule has 0 spiro atoms. The van der Waals surface area contributed by atoms with Crippen LogP contribution in [0.3, 0.4) is 0 Å². The standard InChI is InChI=1S/C11H18N4O3/c1-5-7(3)18-8(4)9(5)10-12-13-14-15(10)6(2)11(16)17/h5-9H,1-4H3,(H,16,17). The smallest absolute Gasteiger partial charge is 0.328 e. The summed E-state index contributed by atoms with van der Waals surface area (Å²) in [5, 5.41) is 20.5. The lowest BCUT2D eigenvalue weighted by atomic mass is 9.89. The Morgan fingerprint density at radius 2 is 2.06 bits per heavy atom. The van der Waals surface area contributed by atoms with Gasteiger partial charge in [0.05, 0.1) is 18.1 Å². The van der Waals surface area contributed by atoms with E-state index in [2.05, 4.69) is 22.4 Å². The van der Waals surface area contributed by atoms with Gasteiger partial charge in [-0.2, -0.15) is 0 Å². The Balaban J connectivity index is 2.35. The molecule has 0 radical (unpaired) electrons. The molecule has 7 nitrogen and oxygen atoms in total. The lowest BCUT2D eigenvalue weighted by Crippen LogP contribution is -2.25. The Kier molecular flexibility index (Phi) is 3.34. The van der Waals surface area contributed by atoms with Crippen molar-refractivity contribution < 1.29 is 14.6 Å². The lowest BCUT2D eigenvalue weighted by molar-refractivity contribution is -0.140. The van der Waals surface area contributed by atoms with Crippen LogP contribution in [-0.2, 0) is 9.53 Å². The molecule has 5 unspecified atom stereocenters. The normalized spacial score (nSPS) is 33.6. The van der Waals surface area contributed by atoms with Crippen LogP contribution >= 0.6 is 0 Å². The SMILES string of the molecule is CC1OC(C)C(c2nnnn2C(C)C(=O)O)C1C. The van der Waals surface area contributed by atoms with Gasteiger partial charge in [-0.05, 0) is 37.1 Å². The third kappa shape index (κ3) is 1.98. The van der Waals surface area contributed by atoms with E-state index in [4.69, 9.17) is 9.84 Å². The van der Waals surface area contributed by atoms with Gasteiger partial charge in [0.25, 0.3) is 0 Å². The first kappa shape index (κ1) is 12.9. The highest BCUT2D eigenvalue weighted by Gasteiger charge is 2.41. The van der Waals surface area contributed by atoms with Gasteiger partial charge in [0, 0.05) is 0 Å². The largest absolute Gasteiger partial charge is 0.480 e. The first-order chi connectivity index (χ1) is 8.43. The average molecular weight is 254 g/mol. The predicted octanol–water partition coefficient (Wildman–Crippen LogP) is 0.846. The number of tetrazole rings is 1. The summed E-state index contributed by atoms with van der Waals surface area (Å²) in [6.07, 6.45) is 0.107. The highest BCUT2D eigenvalue weighted by atomic mass is 16.5. The molecule has 0 bridgehead atoms. The molecule has 0 aromatic carbocycles. The summed E-state index contributed by atoms with van der Waals surface area (Å²) >= 11 is 0. The average Bonchev–Trinajstić information content (AvgIpc) is 2.84. The molecule has 1 aromatic rings.